The molecule has 0 radical (unpaired) electrons. The Labute approximate surface area is 100 Å². The minimum absolute atomic E-state index is 0.0161. The lowest BCUT2D eigenvalue weighted by Gasteiger charge is -2.32. The van der Waals surface area contributed by atoms with Crippen molar-refractivity contribution in [3.05, 3.63) is 23.5 Å². The van der Waals surface area contributed by atoms with Gasteiger partial charge in [-0.2, -0.15) is 0 Å². The van der Waals surface area contributed by atoms with Crippen molar-refractivity contribution in [2.45, 2.75) is 30.7 Å². The van der Waals surface area contributed by atoms with Gasteiger partial charge in [0.2, 0.25) is 10.0 Å². The van der Waals surface area contributed by atoms with Gasteiger partial charge in [-0.05, 0) is 30.9 Å². The molecule has 16 heavy (non-hydrogen) atoms. The largest absolute Gasteiger partial charge is 0.243 e. The molecule has 1 aromatic heterocycles. The van der Waals surface area contributed by atoms with Gasteiger partial charge in [0.1, 0.15) is 10.0 Å². The van der Waals surface area contributed by atoms with E-state index in [0.29, 0.717) is 5.92 Å². The number of sulfonamides is 1. The van der Waals surface area contributed by atoms with Crippen LogP contribution < -0.4 is 4.72 Å². The van der Waals surface area contributed by atoms with E-state index in [2.05, 4.69) is 16.6 Å². The molecular weight excluding hydrogens is 248 g/mol. The summed E-state index contributed by atoms with van der Waals surface area (Å²) in [5.74, 6) is 0.595. The third-order valence-electron chi connectivity index (χ3n) is 2.71. The van der Waals surface area contributed by atoms with E-state index in [9.17, 15) is 8.42 Å². The third-order valence-corrected chi connectivity index (χ3v) is 4.68. The van der Waals surface area contributed by atoms with Crippen molar-refractivity contribution < 1.29 is 8.42 Å². The Hall–Kier alpha value is -0.650. The van der Waals surface area contributed by atoms with Crippen LogP contribution in [0, 0.1) is 5.92 Å². The molecule has 1 aliphatic rings. The third kappa shape index (κ3) is 2.36. The lowest BCUT2D eigenvalue weighted by atomic mass is 9.83. The van der Waals surface area contributed by atoms with Crippen LogP contribution >= 0.6 is 11.6 Å². The Bertz CT molecular complexity index is 483. The predicted molar refractivity (Wildman–Crippen MR) is 61.8 cm³/mol. The molecule has 0 aliphatic heterocycles. The highest BCUT2D eigenvalue weighted by Gasteiger charge is 2.30. The summed E-state index contributed by atoms with van der Waals surface area (Å²) < 4.78 is 26.5. The number of aromatic nitrogens is 1. The zero-order valence-electron chi connectivity index (χ0n) is 8.85. The zero-order chi connectivity index (χ0) is 11.8. The molecule has 1 saturated carbocycles. The first-order valence-corrected chi connectivity index (χ1v) is 6.98. The van der Waals surface area contributed by atoms with Gasteiger partial charge in [0.15, 0.2) is 0 Å². The molecule has 0 bridgehead atoms. The van der Waals surface area contributed by atoms with Crippen molar-refractivity contribution in [2.24, 2.45) is 5.92 Å². The van der Waals surface area contributed by atoms with E-state index in [1.807, 2.05) is 0 Å². The van der Waals surface area contributed by atoms with Crippen molar-refractivity contribution in [1.29, 1.82) is 0 Å². The molecule has 4 nitrogen and oxygen atoms in total. The molecule has 0 aromatic carbocycles. The number of nitrogens with one attached hydrogen (secondary N) is 1. The molecule has 1 heterocycles. The summed E-state index contributed by atoms with van der Waals surface area (Å²) in [5, 5.41) is 0.0161. The lowest BCUT2D eigenvalue weighted by Crippen LogP contribution is -2.43. The normalized spacial score (nSPS) is 25.1. The van der Waals surface area contributed by atoms with Gasteiger partial charge in [-0.1, -0.05) is 18.5 Å². The summed E-state index contributed by atoms with van der Waals surface area (Å²) in [4.78, 5) is 3.81. The van der Waals surface area contributed by atoms with Gasteiger partial charge in [0.25, 0.3) is 0 Å². The summed E-state index contributed by atoms with van der Waals surface area (Å²) in [6, 6.07) is 3.06. The fraction of sp³-hybridized carbons (Fsp3) is 0.500. The second kappa shape index (κ2) is 4.31. The number of halogens is 1. The second-order valence-electron chi connectivity index (χ2n) is 4.19. The van der Waals surface area contributed by atoms with E-state index in [1.165, 1.54) is 12.3 Å². The molecule has 1 fully saturated rings. The molecule has 1 N–H and O–H groups in total. The van der Waals surface area contributed by atoms with E-state index < -0.39 is 10.0 Å². The maximum absolute atomic E-state index is 11.9. The molecule has 0 atom stereocenters. The Morgan fingerprint density at radius 3 is 2.75 bits per heavy atom. The van der Waals surface area contributed by atoms with Crippen LogP contribution in [-0.2, 0) is 10.0 Å². The predicted octanol–water partition coefficient (Wildman–Crippen LogP) is 1.81. The fourth-order valence-electron chi connectivity index (χ4n) is 1.85. The summed E-state index contributed by atoms with van der Waals surface area (Å²) in [7, 11) is -3.52. The minimum atomic E-state index is -3.52. The van der Waals surface area contributed by atoms with Crippen LogP contribution in [-0.4, -0.2) is 19.4 Å². The fourth-order valence-corrected chi connectivity index (χ4v) is 3.57. The van der Waals surface area contributed by atoms with Crippen molar-refractivity contribution in [1.82, 2.24) is 9.71 Å². The van der Waals surface area contributed by atoms with Gasteiger partial charge in [-0.25, -0.2) is 18.1 Å². The molecule has 0 amide bonds. The van der Waals surface area contributed by atoms with Crippen LogP contribution in [0.2, 0.25) is 5.15 Å². The molecule has 2 rings (SSSR count). The average molecular weight is 261 g/mol. The van der Waals surface area contributed by atoms with E-state index >= 15 is 0 Å². The second-order valence-corrected chi connectivity index (χ2v) is 6.23. The minimum Gasteiger partial charge on any atom is -0.243 e. The zero-order valence-corrected chi connectivity index (χ0v) is 10.4. The number of pyridine rings is 1. The number of nitrogens with zero attached hydrogens (tertiary/aromatic N) is 1. The highest BCUT2D eigenvalue weighted by atomic mass is 35.5. The Balaban J connectivity index is 2.16. The van der Waals surface area contributed by atoms with Crippen molar-refractivity contribution in [3.8, 4) is 0 Å². The van der Waals surface area contributed by atoms with E-state index in [4.69, 9.17) is 11.6 Å². The molecule has 88 valence electrons. The maximum Gasteiger partial charge on any atom is 0.243 e. The van der Waals surface area contributed by atoms with Crippen molar-refractivity contribution in [3.63, 3.8) is 0 Å². The first-order valence-electron chi connectivity index (χ1n) is 5.12. The quantitative estimate of drug-likeness (QED) is 0.844. The van der Waals surface area contributed by atoms with Crippen LogP contribution in [0.5, 0.6) is 0 Å². The van der Waals surface area contributed by atoms with Gasteiger partial charge in [-0.3, -0.25) is 0 Å². The summed E-state index contributed by atoms with van der Waals surface area (Å²) in [6.45, 7) is 2.10. The van der Waals surface area contributed by atoms with Crippen LogP contribution in [0.25, 0.3) is 0 Å². The van der Waals surface area contributed by atoms with Gasteiger partial charge in [0, 0.05) is 12.2 Å². The average Bonchev–Trinajstić information content (AvgIpc) is 2.15. The molecule has 0 unspecified atom stereocenters. The first-order chi connectivity index (χ1) is 7.49. The smallest absolute Gasteiger partial charge is 0.243 e. The van der Waals surface area contributed by atoms with Gasteiger partial charge in [0.05, 0.1) is 0 Å². The van der Waals surface area contributed by atoms with E-state index in [-0.39, 0.29) is 16.1 Å². The standard InChI is InChI=1S/C10H13ClN2O2S/c1-7-5-8(6-7)13-16(14,15)9-3-2-4-12-10(9)11/h2-4,7-8,13H,5-6H2,1H3. The summed E-state index contributed by atoms with van der Waals surface area (Å²) in [6.07, 6.45) is 3.24. The molecule has 1 aromatic rings. The Kier molecular flexibility index (Phi) is 3.19. The molecule has 0 spiro atoms. The van der Waals surface area contributed by atoms with Crippen LogP contribution in [0.1, 0.15) is 19.8 Å². The summed E-state index contributed by atoms with van der Waals surface area (Å²) in [5.41, 5.74) is 0. The Morgan fingerprint density at radius 2 is 2.19 bits per heavy atom. The number of hydrogen-bond donors (Lipinski definition) is 1. The first kappa shape index (κ1) is 11.8. The van der Waals surface area contributed by atoms with Gasteiger partial charge < -0.3 is 0 Å². The molecule has 6 heteroatoms. The van der Waals surface area contributed by atoms with Crippen molar-refractivity contribution in [2.75, 3.05) is 0 Å². The molecule has 0 saturated heterocycles. The molecular formula is C10H13ClN2O2S. The van der Waals surface area contributed by atoms with Crippen molar-refractivity contribution >= 4 is 21.6 Å². The Morgan fingerprint density at radius 1 is 1.50 bits per heavy atom. The summed E-state index contributed by atoms with van der Waals surface area (Å²) >= 11 is 5.75. The van der Waals surface area contributed by atoms with Crippen LogP contribution in [0.4, 0.5) is 0 Å². The van der Waals surface area contributed by atoms with E-state index in [0.717, 1.165) is 12.8 Å². The highest BCUT2D eigenvalue weighted by Crippen LogP contribution is 2.28. The monoisotopic (exact) mass is 260 g/mol. The van der Waals surface area contributed by atoms with Gasteiger partial charge in [-0.15, -0.1) is 0 Å². The molecule has 1 aliphatic carbocycles. The SMILES string of the molecule is CC1CC(NS(=O)(=O)c2cccnc2Cl)C1. The highest BCUT2D eigenvalue weighted by molar-refractivity contribution is 7.89. The topological polar surface area (TPSA) is 59.1 Å². The van der Waals surface area contributed by atoms with Crippen LogP contribution in [0.3, 0.4) is 0 Å². The lowest BCUT2D eigenvalue weighted by molar-refractivity contribution is 0.270. The number of rotatable bonds is 3. The van der Waals surface area contributed by atoms with E-state index in [1.54, 1.807) is 6.07 Å². The maximum atomic E-state index is 11.9. The van der Waals surface area contributed by atoms with Crippen LogP contribution in [0.15, 0.2) is 23.2 Å². The van der Waals surface area contributed by atoms with Gasteiger partial charge >= 0.3 is 0 Å². The number of hydrogen-bond acceptors (Lipinski definition) is 3.